The van der Waals surface area contributed by atoms with Crippen molar-refractivity contribution in [3.05, 3.63) is 80.6 Å². The van der Waals surface area contributed by atoms with Crippen molar-refractivity contribution in [2.45, 2.75) is 13.8 Å². The molecule has 0 fully saturated rings. The number of amides is 1. The highest BCUT2D eigenvalue weighted by Crippen LogP contribution is 2.32. The van der Waals surface area contributed by atoms with Crippen LogP contribution >= 0.6 is 11.6 Å². The number of nitrogens with zero attached hydrogens (tertiary/aromatic N) is 2. The zero-order chi connectivity index (χ0) is 21.7. The number of nitro groups is 1. The molecule has 0 aliphatic carbocycles. The van der Waals surface area contributed by atoms with Crippen LogP contribution in [0.25, 0.3) is 11.3 Å². The Morgan fingerprint density at radius 3 is 2.60 bits per heavy atom. The minimum absolute atomic E-state index is 0.108. The number of hydrazone groups is 1. The number of ether oxygens (including phenoxy) is 1. The maximum Gasteiger partial charge on any atom is 0.277 e. The van der Waals surface area contributed by atoms with Gasteiger partial charge in [-0.15, -0.1) is 0 Å². The van der Waals surface area contributed by atoms with E-state index in [2.05, 4.69) is 10.5 Å². The second-order valence-electron chi connectivity index (χ2n) is 6.53. The lowest BCUT2D eigenvalue weighted by Gasteiger charge is -2.07. The van der Waals surface area contributed by atoms with E-state index in [-0.39, 0.29) is 17.3 Å². The standard InChI is InChI=1S/C21H18ClN3O5/c1-13-7-14(2)9-17(8-13)29-12-21(26)24-23-11-16-4-6-20(30-16)18-5-3-15(25(27)28)10-19(18)22/h3-11H,12H2,1-2H3,(H,24,26). The molecule has 1 heterocycles. The van der Waals surface area contributed by atoms with Crippen LogP contribution in [0.4, 0.5) is 5.69 Å². The fraction of sp³-hybridized carbons (Fsp3) is 0.143. The summed E-state index contributed by atoms with van der Waals surface area (Å²) in [4.78, 5) is 22.2. The van der Waals surface area contributed by atoms with Gasteiger partial charge in [-0.25, -0.2) is 5.43 Å². The van der Waals surface area contributed by atoms with Gasteiger partial charge < -0.3 is 9.15 Å². The lowest BCUT2D eigenvalue weighted by atomic mass is 10.1. The van der Waals surface area contributed by atoms with Gasteiger partial charge in [0.05, 0.1) is 16.2 Å². The number of carbonyl (C=O) groups excluding carboxylic acids is 1. The van der Waals surface area contributed by atoms with E-state index in [9.17, 15) is 14.9 Å². The van der Waals surface area contributed by atoms with Gasteiger partial charge in [0.25, 0.3) is 11.6 Å². The average Bonchev–Trinajstić information content (AvgIpc) is 3.14. The molecule has 0 aliphatic rings. The number of furan rings is 1. The number of carbonyl (C=O) groups is 1. The molecule has 0 radical (unpaired) electrons. The number of nitro benzene ring substituents is 1. The molecule has 0 spiro atoms. The molecule has 3 rings (SSSR count). The van der Waals surface area contributed by atoms with Gasteiger partial charge in [-0.3, -0.25) is 14.9 Å². The van der Waals surface area contributed by atoms with Gasteiger partial charge in [-0.2, -0.15) is 5.10 Å². The van der Waals surface area contributed by atoms with Crippen LogP contribution in [0.5, 0.6) is 5.75 Å². The zero-order valence-corrected chi connectivity index (χ0v) is 17.0. The molecule has 0 aliphatic heterocycles. The summed E-state index contributed by atoms with van der Waals surface area (Å²) < 4.78 is 11.1. The van der Waals surface area contributed by atoms with E-state index in [4.69, 9.17) is 20.8 Å². The summed E-state index contributed by atoms with van der Waals surface area (Å²) in [5.41, 5.74) is 4.85. The van der Waals surface area contributed by atoms with Crippen LogP contribution < -0.4 is 10.2 Å². The second-order valence-corrected chi connectivity index (χ2v) is 6.94. The third-order valence-corrected chi connectivity index (χ3v) is 4.31. The van der Waals surface area contributed by atoms with Gasteiger partial charge in [-0.1, -0.05) is 17.7 Å². The van der Waals surface area contributed by atoms with E-state index in [0.29, 0.717) is 22.8 Å². The van der Waals surface area contributed by atoms with Crippen LogP contribution in [0, 0.1) is 24.0 Å². The Bertz CT molecular complexity index is 1100. The predicted octanol–water partition coefficient (Wildman–Crippen LogP) is 4.65. The average molecular weight is 428 g/mol. The molecule has 1 amide bonds. The Hall–Kier alpha value is -3.65. The minimum Gasteiger partial charge on any atom is -0.484 e. The molecular weight excluding hydrogens is 410 g/mol. The summed E-state index contributed by atoms with van der Waals surface area (Å²) in [7, 11) is 0. The Labute approximate surface area is 177 Å². The van der Waals surface area contributed by atoms with Crippen LogP contribution in [0.15, 0.2) is 58.0 Å². The molecule has 30 heavy (non-hydrogen) atoms. The lowest BCUT2D eigenvalue weighted by molar-refractivity contribution is -0.384. The molecular formula is C21H18ClN3O5. The number of non-ortho nitro benzene ring substituents is 1. The van der Waals surface area contributed by atoms with Crippen LogP contribution in [-0.2, 0) is 4.79 Å². The Morgan fingerprint density at radius 2 is 1.93 bits per heavy atom. The maximum absolute atomic E-state index is 11.9. The number of hydrogen-bond donors (Lipinski definition) is 1. The van der Waals surface area contributed by atoms with Gasteiger partial charge in [0.2, 0.25) is 0 Å². The van der Waals surface area contributed by atoms with E-state index in [0.717, 1.165) is 11.1 Å². The van der Waals surface area contributed by atoms with Crippen molar-refractivity contribution in [3.63, 3.8) is 0 Å². The van der Waals surface area contributed by atoms with E-state index in [1.54, 1.807) is 12.1 Å². The summed E-state index contributed by atoms with van der Waals surface area (Å²) >= 11 is 6.10. The van der Waals surface area contributed by atoms with Crippen LogP contribution in [0.2, 0.25) is 5.02 Å². The summed E-state index contributed by atoms with van der Waals surface area (Å²) in [6, 6.07) is 13.1. The zero-order valence-electron chi connectivity index (χ0n) is 16.2. The maximum atomic E-state index is 11.9. The first kappa shape index (κ1) is 21.1. The van der Waals surface area contributed by atoms with Crippen molar-refractivity contribution < 1.29 is 18.9 Å². The van der Waals surface area contributed by atoms with Gasteiger partial charge in [0.15, 0.2) is 6.61 Å². The van der Waals surface area contributed by atoms with Crippen LogP contribution in [0.3, 0.4) is 0 Å². The topological polar surface area (TPSA) is 107 Å². The van der Waals surface area contributed by atoms with Crippen molar-refractivity contribution >= 4 is 29.4 Å². The van der Waals surface area contributed by atoms with Crippen molar-refractivity contribution in [2.75, 3.05) is 6.61 Å². The highest BCUT2D eigenvalue weighted by atomic mass is 35.5. The van der Waals surface area contributed by atoms with Gasteiger partial charge >= 0.3 is 0 Å². The van der Waals surface area contributed by atoms with Crippen molar-refractivity contribution in [1.82, 2.24) is 5.43 Å². The van der Waals surface area contributed by atoms with E-state index in [1.807, 2.05) is 32.0 Å². The fourth-order valence-corrected chi connectivity index (χ4v) is 3.02. The lowest BCUT2D eigenvalue weighted by Crippen LogP contribution is -2.24. The van der Waals surface area contributed by atoms with Gasteiger partial charge in [0, 0.05) is 17.7 Å². The quantitative estimate of drug-likeness (QED) is 0.335. The molecule has 0 atom stereocenters. The van der Waals surface area contributed by atoms with Crippen LogP contribution in [-0.4, -0.2) is 23.7 Å². The summed E-state index contributed by atoms with van der Waals surface area (Å²) in [6.45, 7) is 3.72. The fourth-order valence-electron chi connectivity index (χ4n) is 2.75. The van der Waals surface area contributed by atoms with Crippen molar-refractivity contribution in [2.24, 2.45) is 5.10 Å². The monoisotopic (exact) mass is 427 g/mol. The first-order chi connectivity index (χ1) is 14.3. The largest absolute Gasteiger partial charge is 0.484 e. The van der Waals surface area contributed by atoms with Crippen molar-refractivity contribution in [1.29, 1.82) is 0 Å². The number of aryl methyl sites for hydroxylation is 2. The summed E-state index contributed by atoms with van der Waals surface area (Å²) in [6.07, 6.45) is 1.33. The first-order valence-electron chi connectivity index (χ1n) is 8.89. The highest BCUT2D eigenvalue weighted by molar-refractivity contribution is 6.33. The summed E-state index contributed by atoms with van der Waals surface area (Å²) in [5.74, 6) is 0.980. The number of halogens is 1. The molecule has 3 aromatic rings. The van der Waals surface area contributed by atoms with Gasteiger partial charge in [-0.05, 0) is 55.3 Å². The first-order valence-corrected chi connectivity index (χ1v) is 9.27. The molecule has 0 saturated heterocycles. The molecule has 0 bridgehead atoms. The normalized spacial score (nSPS) is 10.9. The highest BCUT2D eigenvalue weighted by Gasteiger charge is 2.13. The van der Waals surface area contributed by atoms with Crippen molar-refractivity contribution in [3.8, 4) is 17.1 Å². The van der Waals surface area contributed by atoms with E-state index in [1.165, 1.54) is 24.4 Å². The van der Waals surface area contributed by atoms with E-state index >= 15 is 0 Å². The number of hydrogen-bond acceptors (Lipinski definition) is 6. The smallest absolute Gasteiger partial charge is 0.277 e. The Balaban J connectivity index is 1.56. The molecule has 0 saturated carbocycles. The number of nitrogens with one attached hydrogen (secondary N) is 1. The molecule has 2 aromatic carbocycles. The Kier molecular flexibility index (Phi) is 6.48. The molecule has 0 unspecified atom stereocenters. The predicted molar refractivity (Wildman–Crippen MR) is 113 cm³/mol. The summed E-state index contributed by atoms with van der Waals surface area (Å²) in [5, 5.41) is 14.8. The van der Waals surface area contributed by atoms with Crippen LogP contribution in [0.1, 0.15) is 16.9 Å². The molecule has 154 valence electrons. The minimum atomic E-state index is -0.525. The SMILES string of the molecule is Cc1cc(C)cc(OCC(=O)NN=Cc2ccc(-c3ccc([N+](=O)[O-])cc3Cl)o2)c1. The third-order valence-electron chi connectivity index (χ3n) is 4.00. The number of rotatable bonds is 7. The van der Waals surface area contributed by atoms with Gasteiger partial charge in [0.1, 0.15) is 17.3 Å². The molecule has 8 nitrogen and oxygen atoms in total. The third kappa shape index (κ3) is 5.45. The second kappa shape index (κ2) is 9.23. The number of benzene rings is 2. The molecule has 1 N–H and O–H groups in total. The van der Waals surface area contributed by atoms with E-state index < -0.39 is 10.8 Å². The molecule has 1 aromatic heterocycles. The molecule has 9 heteroatoms. The Morgan fingerprint density at radius 1 is 1.20 bits per heavy atom.